The maximum Gasteiger partial charge on any atom is 0.0664 e. The van der Waals surface area contributed by atoms with E-state index in [0.717, 1.165) is 12.2 Å². The normalized spacial score (nSPS) is 25.4. The smallest absolute Gasteiger partial charge is 0.0664 e. The van der Waals surface area contributed by atoms with Gasteiger partial charge >= 0.3 is 0 Å². The zero-order valence-electron chi connectivity index (χ0n) is 9.62. The summed E-state index contributed by atoms with van der Waals surface area (Å²) in [5, 5.41) is 4.60. The fourth-order valence-electron chi connectivity index (χ4n) is 1.81. The lowest BCUT2D eigenvalue weighted by Gasteiger charge is -2.26. The third-order valence-electron chi connectivity index (χ3n) is 2.65. The highest BCUT2D eigenvalue weighted by atomic mass is 35.5. The van der Waals surface area contributed by atoms with Crippen molar-refractivity contribution in [2.24, 2.45) is 0 Å². The van der Waals surface area contributed by atoms with E-state index < -0.39 is 0 Å². The number of benzene rings is 1. The number of rotatable bonds is 2. The van der Waals surface area contributed by atoms with Gasteiger partial charge in [-0.2, -0.15) is 0 Å². The Labute approximate surface area is 112 Å². The van der Waals surface area contributed by atoms with Crippen LogP contribution >= 0.6 is 23.2 Å². The van der Waals surface area contributed by atoms with Crippen LogP contribution in [0.3, 0.4) is 0 Å². The lowest BCUT2D eigenvalue weighted by Crippen LogP contribution is -2.46. The molecule has 0 radical (unpaired) electrons. The molecule has 0 aliphatic carbocycles. The van der Waals surface area contributed by atoms with Crippen molar-refractivity contribution in [3.8, 4) is 0 Å². The number of ether oxygens (including phenoxy) is 1. The molecule has 1 aromatic rings. The zero-order chi connectivity index (χ0) is 12.3. The molecule has 0 bridgehead atoms. The van der Waals surface area contributed by atoms with E-state index in [2.05, 4.69) is 18.3 Å². The minimum absolute atomic E-state index is 0.230. The van der Waals surface area contributed by atoms with E-state index in [1.165, 1.54) is 0 Å². The summed E-state index contributed by atoms with van der Waals surface area (Å²) in [7, 11) is 0. The van der Waals surface area contributed by atoms with Crippen molar-refractivity contribution in [1.82, 2.24) is 5.32 Å². The average molecular weight is 272 g/mol. The first-order valence-electron chi connectivity index (χ1n) is 5.63. The minimum Gasteiger partial charge on any atom is -0.378 e. The molecule has 1 aliphatic heterocycles. The molecule has 0 aromatic heterocycles. The first-order chi connectivity index (χ1) is 8.16. The third-order valence-corrected chi connectivity index (χ3v) is 3.49. The predicted molar refractivity (Wildman–Crippen MR) is 72.7 cm³/mol. The summed E-state index contributed by atoms with van der Waals surface area (Å²) in [5.74, 6) is 0. The van der Waals surface area contributed by atoms with Gasteiger partial charge in [0.1, 0.15) is 0 Å². The molecule has 0 spiro atoms. The van der Waals surface area contributed by atoms with Gasteiger partial charge in [0.2, 0.25) is 0 Å². The summed E-state index contributed by atoms with van der Waals surface area (Å²) >= 11 is 12.1. The van der Waals surface area contributed by atoms with Crippen LogP contribution in [-0.4, -0.2) is 25.3 Å². The van der Waals surface area contributed by atoms with Gasteiger partial charge in [-0.3, -0.25) is 0 Å². The summed E-state index contributed by atoms with van der Waals surface area (Å²) < 4.78 is 5.46. The van der Waals surface area contributed by atoms with E-state index in [1.807, 2.05) is 18.2 Å². The first-order valence-corrected chi connectivity index (χ1v) is 6.38. The topological polar surface area (TPSA) is 21.3 Å². The second kappa shape index (κ2) is 5.87. The largest absolute Gasteiger partial charge is 0.378 e. The highest BCUT2D eigenvalue weighted by Crippen LogP contribution is 2.26. The molecule has 1 N–H and O–H groups in total. The Morgan fingerprint density at radius 1 is 1.35 bits per heavy atom. The van der Waals surface area contributed by atoms with Gasteiger partial charge in [0.15, 0.2) is 0 Å². The first kappa shape index (κ1) is 12.9. The summed E-state index contributed by atoms with van der Waals surface area (Å²) in [6.45, 7) is 3.56. The van der Waals surface area contributed by atoms with Crippen LogP contribution in [0.15, 0.2) is 24.3 Å². The summed E-state index contributed by atoms with van der Waals surface area (Å²) in [6.07, 6.45) is 4.04. The Bertz CT molecular complexity index is 420. The molecular formula is C13H15Cl2NO. The van der Waals surface area contributed by atoms with Crippen LogP contribution in [0.25, 0.3) is 6.08 Å². The maximum atomic E-state index is 6.10. The van der Waals surface area contributed by atoms with Crippen LogP contribution in [0, 0.1) is 0 Å². The van der Waals surface area contributed by atoms with Crippen molar-refractivity contribution in [2.45, 2.75) is 19.0 Å². The van der Waals surface area contributed by atoms with Crippen LogP contribution in [0.1, 0.15) is 12.5 Å². The Balaban J connectivity index is 2.07. The molecule has 17 heavy (non-hydrogen) atoms. The third kappa shape index (κ3) is 3.46. The van der Waals surface area contributed by atoms with E-state index in [4.69, 9.17) is 27.9 Å². The van der Waals surface area contributed by atoms with Gasteiger partial charge in [0, 0.05) is 12.1 Å². The van der Waals surface area contributed by atoms with Gasteiger partial charge in [0.05, 0.1) is 23.3 Å². The van der Waals surface area contributed by atoms with Crippen molar-refractivity contribution < 1.29 is 4.74 Å². The molecule has 0 amide bonds. The van der Waals surface area contributed by atoms with Gasteiger partial charge in [-0.05, 0) is 18.6 Å². The van der Waals surface area contributed by atoms with Crippen LogP contribution in [-0.2, 0) is 4.74 Å². The second-order valence-corrected chi connectivity index (χ2v) is 5.00. The number of halogens is 2. The fraction of sp³-hybridized carbons (Fsp3) is 0.385. The maximum absolute atomic E-state index is 6.10. The number of hydrogen-bond acceptors (Lipinski definition) is 2. The molecule has 1 saturated heterocycles. The van der Waals surface area contributed by atoms with Crippen molar-refractivity contribution in [2.75, 3.05) is 13.2 Å². The fourth-order valence-corrected chi connectivity index (χ4v) is 2.18. The number of nitrogens with one attached hydrogen (secondary N) is 1. The molecule has 92 valence electrons. The quantitative estimate of drug-likeness (QED) is 0.891. The van der Waals surface area contributed by atoms with E-state index in [1.54, 1.807) is 6.07 Å². The summed E-state index contributed by atoms with van der Waals surface area (Å²) in [4.78, 5) is 0. The molecule has 4 heteroatoms. The van der Waals surface area contributed by atoms with Crippen molar-refractivity contribution in [1.29, 1.82) is 0 Å². The van der Waals surface area contributed by atoms with Crippen LogP contribution in [0.5, 0.6) is 0 Å². The van der Waals surface area contributed by atoms with Crippen LogP contribution in [0.4, 0.5) is 0 Å². The standard InChI is InChI=1S/C13H15Cl2NO/c1-9-7-17-8-11(16-9)6-5-10-3-2-4-12(14)13(10)15/h2-6,9,11,16H,7-8H2,1H3/b6-5+. The highest BCUT2D eigenvalue weighted by molar-refractivity contribution is 6.42. The summed E-state index contributed by atoms with van der Waals surface area (Å²) in [6, 6.07) is 6.23. The molecule has 1 heterocycles. The molecule has 2 rings (SSSR count). The molecule has 2 unspecified atom stereocenters. The Morgan fingerprint density at radius 2 is 2.18 bits per heavy atom. The monoisotopic (exact) mass is 271 g/mol. The van der Waals surface area contributed by atoms with E-state index in [-0.39, 0.29) is 6.04 Å². The van der Waals surface area contributed by atoms with Gasteiger partial charge in [-0.1, -0.05) is 47.5 Å². The van der Waals surface area contributed by atoms with Crippen molar-refractivity contribution >= 4 is 29.3 Å². The van der Waals surface area contributed by atoms with Gasteiger partial charge in [-0.15, -0.1) is 0 Å². The Morgan fingerprint density at radius 3 is 2.94 bits per heavy atom. The lowest BCUT2D eigenvalue weighted by molar-refractivity contribution is 0.0637. The Hall–Kier alpha value is -0.540. The highest BCUT2D eigenvalue weighted by Gasteiger charge is 2.15. The predicted octanol–water partition coefficient (Wildman–Crippen LogP) is 3.38. The lowest BCUT2D eigenvalue weighted by atomic mass is 10.1. The molecule has 0 saturated carbocycles. The molecule has 1 aliphatic rings. The zero-order valence-corrected chi connectivity index (χ0v) is 11.1. The molecular weight excluding hydrogens is 257 g/mol. The molecule has 2 atom stereocenters. The number of hydrogen-bond donors (Lipinski definition) is 1. The molecule has 1 fully saturated rings. The molecule has 2 nitrogen and oxygen atoms in total. The Kier molecular flexibility index (Phi) is 4.46. The van der Waals surface area contributed by atoms with E-state index >= 15 is 0 Å². The minimum atomic E-state index is 0.230. The number of morpholine rings is 1. The average Bonchev–Trinajstić information content (AvgIpc) is 2.31. The van der Waals surface area contributed by atoms with Crippen molar-refractivity contribution in [3.05, 3.63) is 39.9 Å². The van der Waals surface area contributed by atoms with Gasteiger partial charge < -0.3 is 10.1 Å². The SMILES string of the molecule is CC1COCC(/C=C/c2cccc(Cl)c2Cl)N1. The van der Waals surface area contributed by atoms with E-state index in [9.17, 15) is 0 Å². The molecule has 1 aromatic carbocycles. The summed E-state index contributed by atoms with van der Waals surface area (Å²) in [5.41, 5.74) is 0.930. The van der Waals surface area contributed by atoms with Gasteiger partial charge in [0.25, 0.3) is 0 Å². The van der Waals surface area contributed by atoms with Crippen LogP contribution in [0.2, 0.25) is 10.0 Å². The second-order valence-electron chi connectivity index (χ2n) is 4.21. The van der Waals surface area contributed by atoms with E-state index in [0.29, 0.717) is 22.7 Å². The van der Waals surface area contributed by atoms with Gasteiger partial charge in [-0.25, -0.2) is 0 Å². The van der Waals surface area contributed by atoms with Crippen LogP contribution < -0.4 is 5.32 Å². The van der Waals surface area contributed by atoms with Crippen molar-refractivity contribution in [3.63, 3.8) is 0 Å².